The van der Waals surface area contributed by atoms with Gasteiger partial charge in [0.2, 0.25) is 0 Å². The summed E-state index contributed by atoms with van der Waals surface area (Å²) in [4.78, 5) is 38.6. The third kappa shape index (κ3) is 7.30. The normalized spacial score (nSPS) is 11.1. The van der Waals surface area contributed by atoms with Crippen molar-refractivity contribution in [2.75, 3.05) is 26.6 Å². The predicted molar refractivity (Wildman–Crippen MR) is 155 cm³/mol. The summed E-state index contributed by atoms with van der Waals surface area (Å²) >= 11 is 0. The molecule has 4 rings (SSSR count). The molecule has 208 valence electrons. The van der Waals surface area contributed by atoms with Gasteiger partial charge in [0.1, 0.15) is 17.2 Å². The van der Waals surface area contributed by atoms with Crippen molar-refractivity contribution in [1.29, 1.82) is 0 Å². The van der Waals surface area contributed by atoms with Crippen LogP contribution in [0.15, 0.2) is 101 Å². The summed E-state index contributed by atoms with van der Waals surface area (Å²) in [6.07, 6.45) is 5.94. The summed E-state index contributed by atoms with van der Waals surface area (Å²) < 4.78 is 21.3. The summed E-state index contributed by atoms with van der Waals surface area (Å²) in [6.45, 7) is 0. The number of carbonyl (C=O) groups excluding carboxylic acids is 3. The van der Waals surface area contributed by atoms with Gasteiger partial charge in [-0.15, -0.1) is 0 Å². The minimum absolute atomic E-state index is 0.0132. The van der Waals surface area contributed by atoms with Crippen LogP contribution in [-0.2, 0) is 4.79 Å². The highest BCUT2D eigenvalue weighted by atomic mass is 16.5. The van der Waals surface area contributed by atoms with Crippen LogP contribution in [0.2, 0.25) is 0 Å². The number of hydrogen-bond acceptors (Lipinski definition) is 7. The number of benzene rings is 3. The van der Waals surface area contributed by atoms with Gasteiger partial charge in [-0.05, 0) is 66.7 Å². The van der Waals surface area contributed by atoms with E-state index in [0.717, 1.165) is 0 Å². The molecule has 3 aromatic carbocycles. The maximum Gasteiger partial charge on any atom is 0.272 e. The highest BCUT2D eigenvalue weighted by Gasteiger charge is 2.16. The molecule has 0 atom stereocenters. The average molecular weight is 553 g/mol. The van der Waals surface area contributed by atoms with E-state index in [2.05, 4.69) is 10.6 Å². The zero-order valence-electron chi connectivity index (χ0n) is 22.7. The van der Waals surface area contributed by atoms with Gasteiger partial charge < -0.3 is 29.3 Å². The number of ketones is 1. The fraction of sp³-hybridized carbons (Fsp3) is 0.0938. The number of methoxy groups -OCH3 is 3. The molecule has 0 fully saturated rings. The minimum Gasteiger partial charge on any atom is -0.496 e. The van der Waals surface area contributed by atoms with E-state index in [-0.39, 0.29) is 11.5 Å². The zero-order valence-corrected chi connectivity index (χ0v) is 22.7. The highest BCUT2D eigenvalue weighted by Crippen LogP contribution is 2.35. The lowest BCUT2D eigenvalue weighted by atomic mass is 10.1. The van der Waals surface area contributed by atoms with Crippen LogP contribution in [0, 0.1) is 0 Å². The lowest BCUT2D eigenvalue weighted by Gasteiger charge is -2.12. The van der Waals surface area contributed by atoms with E-state index in [1.54, 1.807) is 84.9 Å². The molecular formula is C32H28N2O7. The molecule has 2 N–H and O–H groups in total. The van der Waals surface area contributed by atoms with E-state index in [1.807, 2.05) is 0 Å². The Morgan fingerprint density at radius 3 is 2.07 bits per heavy atom. The Bertz CT molecular complexity index is 1570. The van der Waals surface area contributed by atoms with Gasteiger partial charge in [0.25, 0.3) is 11.8 Å². The second-order valence-electron chi connectivity index (χ2n) is 8.57. The Balaban J connectivity index is 1.47. The number of allylic oxidation sites excluding steroid dienone is 1. The fourth-order valence-electron chi connectivity index (χ4n) is 3.82. The summed E-state index contributed by atoms with van der Waals surface area (Å²) in [5.74, 6) is 0.647. The summed E-state index contributed by atoms with van der Waals surface area (Å²) in [7, 11) is 4.57. The Kier molecular flexibility index (Phi) is 9.35. The van der Waals surface area contributed by atoms with E-state index in [4.69, 9.17) is 18.6 Å². The summed E-state index contributed by atoms with van der Waals surface area (Å²) in [6, 6.07) is 21.6. The summed E-state index contributed by atoms with van der Waals surface area (Å²) in [5, 5.41) is 5.38. The number of hydrogen-bond donors (Lipinski definition) is 2. The predicted octanol–water partition coefficient (Wildman–Crippen LogP) is 5.61. The fourth-order valence-corrected chi connectivity index (χ4v) is 3.82. The number of amides is 2. The molecular weight excluding hydrogens is 524 g/mol. The molecule has 0 radical (unpaired) electrons. The monoisotopic (exact) mass is 552 g/mol. The van der Waals surface area contributed by atoms with E-state index < -0.39 is 11.8 Å². The van der Waals surface area contributed by atoms with Crippen LogP contribution in [0.5, 0.6) is 17.2 Å². The lowest BCUT2D eigenvalue weighted by molar-refractivity contribution is -0.113. The van der Waals surface area contributed by atoms with E-state index in [1.165, 1.54) is 39.7 Å². The topological polar surface area (TPSA) is 116 Å². The van der Waals surface area contributed by atoms with E-state index in [9.17, 15) is 14.4 Å². The highest BCUT2D eigenvalue weighted by molar-refractivity contribution is 6.11. The van der Waals surface area contributed by atoms with Crippen molar-refractivity contribution in [2.24, 2.45) is 0 Å². The van der Waals surface area contributed by atoms with Crippen molar-refractivity contribution < 1.29 is 33.0 Å². The van der Waals surface area contributed by atoms with Crippen LogP contribution in [0.1, 0.15) is 32.0 Å². The van der Waals surface area contributed by atoms with Gasteiger partial charge in [-0.2, -0.15) is 0 Å². The molecule has 9 nitrogen and oxygen atoms in total. The Hall–Kier alpha value is -5.57. The number of furan rings is 1. The van der Waals surface area contributed by atoms with Crippen molar-refractivity contribution in [3.05, 3.63) is 119 Å². The molecule has 0 aliphatic heterocycles. The first-order chi connectivity index (χ1) is 19.9. The Morgan fingerprint density at radius 2 is 1.44 bits per heavy atom. The van der Waals surface area contributed by atoms with Crippen molar-refractivity contribution in [2.45, 2.75) is 0 Å². The molecule has 0 saturated heterocycles. The molecule has 0 saturated carbocycles. The Morgan fingerprint density at radius 1 is 0.756 bits per heavy atom. The second-order valence-corrected chi connectivity index (χ2v) is 8.57. The van der Waals surface area contributed by atoms with Gasteiger partial charge >= 0.3 is 0 Å². The van der Waals surface area contributed by atoms with Crippen LogP contribution in [0.25, 0.3) is 12.2 Å². The van der Waals surface area contributed by atoms with Gasteiger partial charge in [-0.1, -0.05) is 18.2 Å². The smallest absolute Gasteiger partial charge is 0.272 e. The van der Waals surface area contributed by atoms with Crippen LogP contribution < -0.4 is 24.8 Å². The van der Waals surface area contributed by atoms with Crippen LogP contribution >= 0.6 is 0 Å². The van der Waals surface area contributed by atoms with Crippen molar-refractivity contribution in [3.8, 4) is 17.2 Å². The maximum absolute atomic E-state index is 13.1. The van der Waals surface area contributed by atoms with Crippen LogP contribution in [0.4, 0.5) is 5.69 Å². The standard InChI is InChI=1S/C32H28N2O7/c1-38-28-20-30(40-3)29(39-2)18-23(28)13-16-27(35)21-11-14-24(15-12-21)33-32(37)26(19-25-10-7-17-41-25)34-31(36)22-8-5-4-6-9-22/h4-20H,1-3H3,(H,33,37)(H,34,36)/b16-13+,26-19-. The maximum atomic E-state index is 13.1. The molecule has 0 aliphatic carbocycles. The lowest BCUT2D eigenvalue weighted by Crippen LogP contribution is -2.30. The molecule has 0 aliphatic rings. The number of nitrogens with one attached hydrogen (secondary N) is 2. The van der Waals surface area contributed by atoms with Crippen molar-refractivity contribution in [3.63, 3.8) is 0 Å². The van der Waals surface area contributed by atoms with Gasteiger partial charge in [-0.3, -0.25) is 14.4 Å². The quantitative estimate of drug-likeness (QED) is 0.184. The van der Waals surface area contributed by atoms with E-state index >= 15 is 0 Å². The van der Waals surface area contributed by atoms with Crippen molar-refractivity contribution in [1.82, 2.24) is 5.32 Å². The number of ether oxygens (including phenoxy) is 3. The molecule has 0 unspecified atom stereocenters. The first-order valence-electron chi connectivity index (χ1n) is 12.5. The number of rotatable bonds is 11. The van der Waals surface area contributed by atoms with Gasteiger partial charge in [0, 0.05) is 34.5 Å². The van der Waals surface area contributed by atoms with Crippen molar-refractivity contribution >= 4 is 35.4 Å². The molecule has 41 heavy (non-hydrogen) atoms. The van der Waals surface area contributed by atoms with Gasteiger partial charge in [0.05, 0.1) is 27.6 Å². The molecule has 4 aromatic rings. The number of anilines is 1. The third-order valence-electron chi connectivity index (χ3n) is 5.94. The third-order valence-corrected chi connectivity index (χ3v) is 5.94. The van der Waals surface area contributed by atoms with Crippen LogP contribution in [0.3, 0.4) is 0 Å². The molecule has 0 bridgehead atoms. The van der Waals surface area contributed by atoms with Crippen LogP contribution in [-0.4, -0.2) is 38.9 Å². The second kappa shape index (κ2) is 13.5. The molecule has 1 heterocycles. The first kappa shape index (κ1) is 28.4. The molecule has 2 amide bonds. The minimum atomic E-state index is -0.565. The van der Waals surface area contributed by atoms with E-state index in [0.29, 0.717) is 45.4 Å². The zero-order chi connectivity index (χ0) is 29.2. The molecule has 1 aromatic heterocycles. The first-order valence-corrected chi connectivity index (χ1v) is 12.5. The SMILES string of the molecule is COc1cc(OC)c(OC)cc1/C=C/C(=O)c1ccc(NC(=O)/C(=C/c2ccco2)NC(=O)c2ccccc2)cc1. The van der Waals surface area contributed by atoms with Gasteiger partial charge in [-0.25, -0.2) is 0 Å². The molecule has 9 heteroatoms. The largest absolute Gasteiger partial charge is 0.496 e. The molecule has 0 spiro atoms. The number of carbonyl (C=O) groups is 3. The average Bonchev–Trinajstić information content (AvgIpc) is 3.53. The summed E-state index contributed by atoms with van der Waals surface area (Å²) in [5.41, 5.74) is 1.85. The Labute approximate surface area is 237 Å². The van der Waals surface area contributed by atoms with Gasteiger partial charge in [0.15, 0.2) is 17.3 Å².